The number of benzene rings is 1. The average molecular weight is 279 g/mol. The summed E-state index contributed by atoms with van der Waals surface area (Å²) in [5, 5.41) is 3.30. The van der Waals surface area contributed by atoms with E-state index in [1.54, 1.807) is 12.1 Å². The molecule has 1 N–H and O–H groups in total. The number of anilines is 1. The van der Waals surface area contributed by atoms with Gasteiger partial charge in [-0.25, -0.2) is 9.18 Å². The van der Waals surface area contributed by atoms with Crippen LogP contribution in [-0.2, 0) is 9.53 Å². The number of ether oxygens (including phenoxy) is 1. The molecule has 1 aliphatic rings. The summed E-state index contributed by atoms with van der Waals surface area (Å²) in [6, 6.07) is 6.12. The minimum atomic E-state index is -0.675. The van der Waals surface area contributed by atoms with Gasteiger partial charge in [0.15, 0.2) is 0 Å². The Bertz CT molecular complexity index is 460. The third kappa shape index (κ3) is 3.11. The molecule has 1 fully saturated rings. The van der Waals surface area contributed by atoms with Crippen molar-refractivity contribution in [3.05, 3.63) is 30.1 Å². The molecule has 4 heteroatoms. The first-order valence-electron chi connectivity index (χ1n) is 7.22. The number of carbonyl (C=O) groups is 1. The third-order valence-electron chi connectivity index (χ3n) is 4.23. The van der Waals surface area contributed by atoms with E-state index < -0.39 is 5.54 Å². The Labute approximate surface area is 119 Å². The lowest BCUT2D eigenvalue weighted by Crippen LogP contribution is -2.50. The van der Waals surface area contributed by atoms with E-state index in [0.717, 1.165) is 37.8 Å². The van der Waals surface area contributed by atoms with Gasteiger partial charge in [0.25, 0.3) is 0 Å². The Morgan fingerprint density at radius 1 is 1.45 bits per heavy atom. The molecule has 0 heterocycles. The fraction of sp³-hybridized carbons (Fsp3) is 0.562. The number of hydrogen-bond donors (Lipinski definition) is 1. The first-order valence-corrected chi connectivity index (χ1v) is 7.22. The first kappa shape index (κ1) is 14.8. The van der Waals surface area contributed by atoms with Gasteiger partial charge in [-0.15, -0.1) is 0 Å². The van der Waals surface area contributed by atoms with E-state index in [9.17, 15) is 9.18 Å². The standard InChI is InChI=1S/C16H22FNO2/c1-3-12-5-4-10-16(11-12,15(19)20-2)18-14-8-6-13(17)7-9-14/h6-9,12,18H,3-5,10-11H2,1-2H3. The molecule has 3 nitrogen and oxygen atoms in total. The zero-order chi connectivity index (χ0) is 14.6. The van der Waals surface area contributed by atoms with Gasteiger partial charge >= 0.3 is 5.97 Å². The van der Waals surface area contributed by atoms with E-state index in [1.807, 2.05) is 0 Å². The lowest BCUT2D eigenvalue weighted by molar-refractivity contribution is -0.147. The third-order valence-corrected chi connectivity index (χ3v) is 4.23. The molecule has 1 aromatic rings. The maximum Gasteiger partial charge on any atom is 0.331 e. The highest BCUT2D eigenvalue weighted by Gasteiger charge is 2.43. The predicted octanol–water partition coefficient (Wildman–Crippen LogP) is 3.75. The molecule has 0 saturated heterocycles. The molecule has 1 saturated carbocycles. The van der Waals surface area contributed by atoms with Crippen molar-refractivity contribution in [3.8, 4) is 0 Å². The molecule has 1 aliphatic carbocycles. The summed E-state index contributed by atoms with van der Waals surface area (Å²) in [6.07, 6.45) is 4.74. The summed E-state index contributed by atoms with van der Waals surface area (Å²) in [5.74, 6) is 0.0218. The second-order valence-electron chi connectivity index (χ2n) is 5.58. The van der Waals surface area contributed by atoms with Crippen LogP contribution in [0.1, 0.15) is 39.0 Å². The lowest BCUT2D eigenvalue weighted by atomic mass is 9.74. The highest BCUT2D eigenvalue weighted by Crippen LogP contribution is 2.37. The summed E-state index contributed by atoms with van der Waals surface area (Å²) in [6.45, 7) is 2.15. The number of esters is 1. The van der Waals surface area contributed by atoms with Crippen molar-refractivity contribution < 1.29 is 13.9 Å². The summed E-state index contributed by atoms with van der Waals surface area (Å²) in [4.78, 5) is 12.3. The van der Waals surface area contributed by atoms with Gasteiger partial charge in [0, 0.05) is 5.69 Å². The molecule has 20 heavy (non-hydrogen) atoms. The van der Waals surface area contributed by atoms with Crippen molar-refractivity contribution in [2.75, 3.05) is 12.4 Å². The summed E-state index contributed by atoms with van der Waals surface area (Å²) >= 11 is 0. The average Bonchev–Trinajstić information content (AvgIpc) is 2.49. The van der Waals surface area contributed by atoms with Crippen LogP contribution in [0, 0.1) is 11.7 Å². The van der Waals surface area contributed by atoms with Gasteiger partial charge in [0.1, 0.15) is 11.4 Å². The number of nitrogens with one attached hydrogen (secondary N) is 1. The number of methoxy groups -OCH3 is 1. The quantitative estimate of drug-likeness (QED) is 0.853. The molecule has 2 unspecified atom stereocenters. The number of hydrogen-bond acceptors (Lipinski definition) is 3. The Kier molecular flexibility index (Phi) is 4.63. The zero-order valence-corrected chi connectivity index (χ0v) is 12.1. The molecule has 110 valence electrons. The van der Waals surface area contributed by atoms with Crippen LogP contribution in [0.4, 0.5) is 10.1 Å². The smallest absolute Gasteiger partial charge is 0.331 e. The van der Waals surface area contributed by atoms with Crippen molar-refractivity contribution in [2.45, 2.75) is 44.6 Å². The normalized spacial score (nSPS) is 26.1. The van der Waals surface area contributed by atoms with Crippen molar-refractivity contribution in [3.63, 3.8) is 0 Å². The highest BCUT2D eigenvalue weighted by molar-refractivity contribution is 5.84. The summed E-state index contributed by atoms with van der Waals surface area (Å²) < 4.78 is 18.0. The van der Waals surface area contributed by atoms with E-state index in [0.29, 0.717) is 5.92 Å². The van der Waals surface area contributed by atoms with E-state index in [2.05, 4.69) is 12.2 Å². The Hall–Kier alpha value is -1.58. The van der Waals surface area contributed by atoms with E-state index >= 15 is 0 Å². The topological polar surface area (TPSA) is 38.3 Å². The monoisotopic (exact) mass is 279 g/mol. The Balaban J connectivity index is 2.22. The molecular formula is C16H22FNO2. The molecule has 2 atom stereocenters. The fourth-order valence-corrected chi connectivity index (χ4v) is 3.09. The highest BCUT2D eigenvalue weighted by atomic mass is 19.1. The van der Waals surface area contributed by atoms with E-state index in [-0.39, 0.29) is 11.8 Å². The van der Waals surface area contributed by atoms with Crippen LogP contribution >= 0.6 is 0 Å². The molecule has 0 bridgehead atoms. The Morgan fingerprint density at radius 2 is 2.15 bits per heavy atom. The molecule has 0 radical (unpaired) electrons. The van der Waals surface area contributed by atoms with Crippen LogP contribution in [0.25, 0.3) is 0 Å². The van der Waals surface area contributed by atoms with Crippen LogP contribution in [-0.4, -0.2) is 18.6 Å². The lowest BCUT2D eigenvalue weighted by Gasteiger charge is -2.39. The van der Waals surface area contributed by atoms with Gasteiger partial charge in [0.05, 0.1) is 7.11 Å². The van der Waals surface area contributed by atoms with Crippen molar-refractivity contribution in [1.82, 2.24) is 0 Å². The zero-order valence-electron chi connectivity index (χ0n) is 12.1. The van der Waals surface area contributed by atoms with Gasteiger partial charge in [-0.3, -0.25) is 0 Å². The van der Waals surface area contributed by atoms with Crippen molar-refractivity contribution >= 4 is 11.7 Å². The first-order chi connectivity index (χ1) is 9.59. The summed E-state index contributed by atoms with van der Waals surface area (Å²) in [7, 11) is 1.42. The molecule has 2 rings (SSSR count). The fourth-order valence-electron chi connectivity index (χ4n) is 3.09. The maximum absolute atomic E-state index is 13.0. The number of carbonyl (C=O) groups excluding carboxylic acids is 1. The van der Waals surface area contributed by atoms with Crippen LogP contribution in [0.2, 0.25) is 0 Å². The molecule has 1 aromatic carbocycles. The number of halogens is 1. The second kappa shape index (κ2) is 6.25. The molecule has 0 aliphatic heterocycles. The van der Waals surface area contributed by atoms with E-state index in [4.69, 9.17) is 4.74 Å². The van der Waals surface area contributed by atoms with Gasteiger partial charge in [-0.1, -0.05) is 26.2 Å². The molecule has 0 amide bonds. The van der Waals surface area contributed by atoms with Crippen LogP contribution < -0.4 is 5.32 Å². The van der Waals surface area contributed by atoms with Crippen molar-refractivity contribution in [2.24, 2.45) is 5.92 Å². The maximum atomic E-state index is 13.0. The minimum Gasteiger partial charge on any atom is -0.467 e. The van der Waals surface area contributed by atoms with Gasteiger partial charge in [0.2, 0.25) is 0 Å². The predicted molar refractivity (Wildman–Crippen MR) is 77.0 cm³/mol. The summed E-state index contributed by atoms with van der Waals surface area (Å²) in [5.41, 5.74) is 0.0828. The largest absolute Gasteiger partial charge is 0.467 e. The van der Waals surface area contributed by atoms with E-state index in [1.165, 1.54) is 19.2 Å². The second-order valence-corrected chi connectivity index (χ2v) is 5.58. The van der Waals surface area contributed by atoms with Crippen LogP contribution in [0.5, 0.6) is 0 Å². The van der Waals surface area contributed by atoms with Gasteiger partial charge in [-0.2, -0.15) is 0 Å². The van der Waals surface area contributed by atoms with Gasteiger partial charge in [-0.05, 0) is 43.0 Å². The minimum absolute atomic E-state index is 0.222. The molecule has 0 aromatic heterocycles. The molecule has 0 spiro atoms. The van der Waals surface area contributed by atoms with Crippen LogP contribution in [0.15, 0.2) is 24.3 Å². The van der Waals surface area contributed by atoms with Gasteiger partial charge < -0.3 is 10.1 Å². The SMILES string of the molecule is CCC1CCCC(Nc2ccc(F)cc2)(C(=O)OC)C1. The number of rotatable bonds is 4. The van der Waals surface area contributed by atoms with Crippen LogP contribution in [0.3, 0.4) is 0 Å². The Morgan fingerprint density at radius 3 is 2.75 bits per heavy atom. The van der Waals surface area contributed by atoms with Crippen molar-refractivity contribution in [1.29, 1.82) is 0 Å². The molecular weight excluding hydrogens is 257 g/mol.